The average Bonchev–Trinajstić information content (AvgIpc) is 3.36. The van der Waals surface area contributed by atoms with Crippen LogP contribution >= 0.6 is 11.6 Å². The number of amides is 1. The average molecular weight is 568 g/mol. The van der Waals surface area contributed by atoms with Crippen molar-refractivity contribution >= 4 is 41.0 Å². The molecule has 3 aromatic rings. The van der Waals surface area contributed by atoms with Gasteiger partial charge in [0.15, 0.2) is 17.0 Å². The van der Waals surface area contributed by atoms with Crippen molar-refractivity contribution in [1.29, 1.82) is 0 Å². The molecule has 0 aliphatic carbocycles. The number of aryl methyl sites for hydroxylation is 2. The Morgan fingerprint density at radius 1 is 1.10 bits per heavy atom. The number of imidazole rings is 1. The summed E-state index contributed by atoms with van der Waals surface area (Å²) in [5.74, 6) is 2.71. The van der Waals surface area contributed by atoms with Gasteiger partial charge in [0.1, 0.15) is 12.2 Å². The predicted molar refractivity (Wildman–Crippen MR) is 154 cm³/mol. The fourth-order valence-electron chi connectivity index (χ4n) is 6.19. The van der Waals surface area contributed by atoms with Crippen molar-refractivity contribution in [2.24, 2.45) is 11.8 Å². The highest BCUT2D eigenvalue weighted by molar-refractivity contribution is 6.30. The number of carboxylic acid groups (broad SMARTS) is 1. The molecule has 1 amide bonds. The molecule has 214 valence electrons. The Balaban J connectivity index is 0.00000103. The summed E-state index contributed by atoms with van der Waals surface area (Å²) in [6.45, 7) is 6.15. The number of halogens is 1. The molecule has 2 saturated heterocycles. The molecule has 3 aliphatic rings. The van der Waals surface area contributed by atoms with Crippen LogP contribution in [0.3, 0.4) is 0 Å². The lowest BCUT2D eigenvalue weighted by atomic mass is 9.94. The molecule has 3 aliphatic heterocycles. The van der Waals surface area contributed by atoms with E-state index in [1.165, 1.54) is 18.4 Å². The zero-order valence-corrected chi connectivity index (χ0v) is 23.6. The Hall–Kier alpha value is -3.24. The molecule has 11 heteroatoms. The molecule has 0 saturated carbocycles. The van der Waals surface area contributed by atoms with E-state index in [9.17, 15) is 4.79 Å². The van der Waals surface area contributed by atoms with Crippen molar-refractivity contribution in [3.63, 3.8) is 0 Å². The van der Waals surface area contributed by atoms with E-state index in [-0.39, 0.29) is 18.3 Å². The smallest absolute Gasteiger partial charge is 0.290 e. The summed E-state index contributed by atoms with van der Waals surface area (Å²) in [6.07, 6.45) is 9.14. The number of carbonyl (C=O) groups excluding carboxylic acids is 1. The molecule has 2 N–H and O–H groups in total. The first-order valence-corrected chi connectivity index (χ1v) is 14.7. The summed E-state index contributed by atoms with van der Waals surface area (Å²) in [5.41, 5.74) is 3.09. The standard InChI is InChI=1S/C28H36ClN7O.CH2O2/c29-23-7-3-5-21(15-23)17-34-13-9-20(10-14-34)16-30-28(37)22-6-4-11-35(18-22)26-25-27(32-19-31-26)36-12-2-1-8-24(36)33-25;2-1-3/h3,5,7,15,19-20,22H,1-2,4,6,8-14,16-18H2,(H,30,37);1H,(H,2,3). The minimum atomic E-state index is -0.250. The Morgan fingerprint density at radius 3 is 2.73 bits per heavy atom. The minimum Gasteiger partial charge on any atom is -0.483 e. The monoisotopic (exact) mass is 567 g/mol. The largest absolute Gasteiger partial charge is 0.483 e. The van der Waals surface area contributed by atoms with Crippen LogP contribution in [-0.4, -0.2) is 74.6 Å². The molecule has 40 heavy (non-hydrogen) atoms. The van der Waals surface area contributed by atoms with Gasteiger partial charge in [-0.3, -0.25) is 14.5 Å². The number of likely N-dealkylation sites (tertiary alicyclic amines) is 1. The number of nitrogens with zero attached hydrogens (tertiary/aromatic N) is 6. The topological polar surface area (TPSA) is 116 Å². The molecule has 0 spiro atoms. The SMILES string of the molecule is O=C(NCC1CCN(Cc2cccc(Cl)c2)CC1)C1CCCN(c2ncnc3c2nc2n3CCCC2)C1.O=CO. The van der Waals surface area contributed by atoms with Gasteiger partial charge in [-0.1, -0.05) is 23.7 Å². The van der Waals surface area contributed by atoms with Gasteiger partial charge in [0.25, 0.3) is 6.47 Å². The second-order valence-corrected chi connectivity index (χ2v) is 11.4. The molecule has 1 atom stereocenters. The number of carbonyl (C=O) groups is 2. The van der Waals surface area contributed by atoms with E-state index in [1.807, 2.05) is 12.1 Å². The van der Waals surface area contributed by atoms with Crippen LogP contribution in [0, 0.1) is 11.8 Å². The normalized spacial score (nSPS) is 19.9. The van der Waals surface area contributed by atoms with Gasteiger partial charge in [-0.15, -0.1) is 0 Å². The molecular formula is C29H38ClN7O3. The van der Waals surface area contributed by atoms with Crippen LogP contribution in [0.25, 0.3) is 11.2 Å². The number of piperidine rings is 2. The summed E-state index contributed by atoms with van der Waals surface area (Å²) < 4.78 is 2.25. The van der Waals surface area contributed by atoms with Crippen LogP contribution in [0.4, 0.5) is 5.82 Å². The number of anilines is 1. The van der Waals surface area contributed by atoms with Crippen LogP contribution in [0.1, 0.15) is 49.9 Å². The summed E-state index contributed by atoms with van der Waals surface area (Å²) in [5, 5.41) is 11.0. The lowest BCUT2D eigenvalue weighted by molar-refractivity contribution is -0.125. The van der Waals surface area contributed by atoms with E-state index < -0.39 is 0 Å². The summed E-state index contributed by atoms with van der Waals surface area (Å²) in [6, 6.07) is 8.13. The first kappa shape index (κ1) is 28.3. The third-order valence-electron chi connectivity index (χ3n) is 8.28. The van der Waals surface area contributed by atoms with E-state index in [1.54, 1.807) is 6.33 Å². The van der Waals surface area contributed by atoms with Crippen LogP contribution in [0.2, 0.25) is 5.02 Å². The fraction of sp³-hybridized carbons (Fsp3) is 0.552. The highest BCUT2D eigenvalue weighted by Crippen LogP contribution is 2.30. The Kier molecular flexibility index (Phi) is 9.49. The maximum Gasteiger partial charge on any atom is 0.290 e. The maximum absolute atomic E-state index is 13.2. The minimum absolute atomic E-state index is 0.0149. The fourth-order valence-corrected chi connectivity index (χ4v) is 6.41. The number of rotatable bonds is 6. The molecule has 0 radical (unpaired) electrons. The first-order chi connectivity index (χ1) is 19.6. The van der Waals surface area contributed by atoms with Gasteiger partial charge in [0.05, 0.1) is 5.92 Å². The number of benzene rings is 1. The van der Waals surface area contributed by atoms with Gasteiger partial charge >= 0.3 is 0 Å². The molecule has 6 rings (SSSR count). The molecule has 5 heterocycles. The number of hydrogen-bond acceptors (Lipinski definition) is 7. The van der Waals surface area contributed by atoms with Crippen molar-refractivity contribution in [3.05, 3.63) is 47.0 Å². The van der Waals surface area contributed by atoms with Crippen LogP contribution < -0.4 is 10.2 Å². The third-order valence-corrected chi connectivity index (χ3v) is 8.52. The molecule has 2 fully saturated rings. The van der Waals surface area contributed by atoms with Crippen molar-refractivity contribution in [3.8, 4) is 0 Å². The molecule has 1 aromatic carbocycles. The highest BCUT2D eigenvalue weighted by atomic mass is 35.5. The Morgan fingerprint density at radius 2 is 1.93 bits per heavy atom. The number of nitrogens with one attached hydrogen (secondary N) is 1. The number of hydrogen-bond donors (Lipinski definition) is 2. The van der Waals surface area contributed by atoms with Gasteiger partial charge in [-0.05, 0) is 75.2 Å². The second-order valence-electron chi connectivity index (χ2n) is 11.0. The number of aromatic nitrogens is 4. The van der Waals surface area contributed by atoms with E-state index in [4.69, 9.17) is 26.5 Å². The van der Waals surface area contributed by atoms with Gasteiger partial charge in [0, 0.05) is 44.2 Å². The lowest BCUT2D eigenvalue weighted by Gasteiger charge is -2.34. The first-order valence-electron chi connectivity index (χ1n) is 14.3. The Bertz CT molecular complexity index is 1310. The van der Waals surface area contributed by atoms with Crippen molar-refractivity contribution in [2.45, 2.75) is 58.0 Å². The van der Waals surface area contributed by atoms with E-state index in [0.717, 1.165) is 99.2 Å². The zero-order valence-electron chi connectivity index (χ0n) is 22.8. The van der Waals surface area contributed by atoms with Gasteiger partial charge in [-0.25, -0.2) is 15.0 Å². The predicted octanol–water partition coefficient (Wildman–Crippen LogP) is 3.76. The quantitative estimate of drug-likeness (QED) is 0.433. The van der Waals surface area contributed by atoms with Gasteiger partial charge < -0.3 is 19.9 Å². The molecule has 0 bridgehead atoms. The highest BCUT2D eigenvalue weighted by Gasteiger charge is 2.30. The lowest BCUT2D eigenvalue weighted by Crippen LogP contribution is -2.45. The molecular weight excluding hydrogens is 530 g/mol. The van der Waals surface area contributed by atoms with Crippen LogP contribution in [0.5, 0.6) is 0 Å². The van der Waals surface area contributed by atoms with E-state index in [2.05, 4.69) is 41.8 Å². The number of fused-ring (bicyclic) bond motifs is 3. The van der Waals surface area contributed by atoms with Gasteiger partial charge in [-0.2, -0.15) is 0 Å². The van der Waals surface area contributed by atoms with E-state index >= 15 is 0 Å². The molecule has 10 nitrogen and oxygen atoms in total. The molecule has 2 aromatic heterocycles. The second kappa shape index (κ2) is 13.4. The van der Waals surface area contributed by atoms with Crippen LogP contribution in [-0.2, 0) is 29.1 Å². The molecule has 1 unspecified atom stereocenters. The van der Waals surface area contributed by atoms with Crippen molar-refractivity contribution < 1.29 is 14.7 Å². The maximum atomic E-state index is 13.2. The van der Waals surface area contributed by atoms with Crippen molar-refractivity contribution in [2.75, 3.05) is 37.6 Å². The Labute approximate surface area is 239 Å². The summed E-state index contributed by atoms with van der Waals surface area (Å²) >= 11 is 6.14. The van der Waals surface area contributed by atoms with E-state index in [0.29, 0.717) is 12.5 Å². The zero-order chi connectivity index (χ0) is 27.9. The third kappa shape index (κ3) is 6.72. The summed E-state index contributed by atoms with van der Waals surface area (Å²) in [7, 11) is 0. The van der Waals surface area contributed by atoms with Crippen molar-refractivity contribution in [1.82, 2.24) is 29.7 Å². The van der Waals surface area contributed by atoms with Crippen LogP contribution in [0.15, 0.2) is 30.6 Å². The van der Waals surface area contributed by atoms with Gasteiger partial charge in [0.2, 0.25) is 5.91 Å². The summed E-state index contributed by atoms with van der Waals surface area (Å²) in [4.78, 5) is 40.4.